The Morgan fingerprint density at radius 3 is 2.88 bits per heavy atom. The SMILES string of the molecule is C=CCCOc1ccc(CC(N)CC)cc1Cl. The van der Waals surface area contributed by atoms with Crippen molar-refractivity contribution in [2.75, 3.05) is 6.61 Å². The first-order valence-corrected chi connectivity index (χ1v) is 6.32. The first-order valence-electron chi connectivity index (χ1n) is 5.95. The van der Waals surface area contributed by atoms with E-state index >= 15 is 0 Å². The van der Waals surface area contributed by atoms with Gasteiger partial charge in [0.2, 0.25) is 0 Å². The summed E-state index contributed by atoms with van der Waals surface area (Å²) in [6.07, 6.45) is 4.46. The third-order valence-corrected chi connectivity index (χ3v) is 2.89. The Balaban J connectivity index is 2.62. The summed E-state index contributed by atoms with van der Waals surface area (Å²) >= 11 is 6.14. The van der Waals surface area contributed by atoms with Crippen LogP contribution >= 0.6 is 11.6 Å². The van der Waals surface area contributed by atoms with E-state index in [0.29, 0.717) is 11.6 Å². The Labute approximate surface area is 108 Å². The maximum absolute atomic E-state index is 6.14. The van der Waals surface area contributed by atoms with Crippen molar-refractivity contribution in [1.82, 2.24) is 0 Å². The maximum Gasteiger partial charge on any atom is 0.137 e. The minimum atomic E-state index is 0.193. The van der Waals surface area contributed by atoms with E-state index in [-0.39, 0.29) is 6.04 Å². The third kappa shape index (κ3) is 4.80. The molecule has 0 aromatic heterocycles. The summed E-state index contributed by atoms with van der Waals surface area (Å²) in [6, 6.07) is 6.05. The monoisotopic (exact) mass is 253 g/mol. The van der Waals surface area contributed by atoms with Gasteiger partial charge in [0.15, 0.2) is 0 Å². The van der Waals surface area contributed by atoms with Gasteiger partial charge in [-0.2, -0.15) is 0 Å². The van der Waals surface area contributed by atoms with Gasteiger partial charge in [-0.3, -0.25) is 0 Å². The van der Waals surface area contributed by atoms with Crippen molar-refractivity contribution < 1.29 is 4.74 Å². The molecule has 0 spiro atoms. The lowest BCUT2D eigenvalue weighted by Gasteiger charge is -2.11. The van der Waals surface area contributed by atoms with Crippen LogP contribution in [0.4, 0.5) is 0 Å². The first-order chi connectivity index (χ1) is 8.17. The fourth-order valence-electron chi connectivity index (χ4n) is 1.49. The molecular weight excluding hydrogens is 234 g/mol. The fourth-order valence-corrected chi connectivity index (χ4v) is 1.75. The molecule has 0 saturated carbocycles. The lowest BCUT2D eigenvalue weighted by Crippen LogP contribution is -2.21. The molecule has 0 radical (unpaired) electrons. The quantitative estimate of drug-likeness (QED) is 0.596. The van der Waals surface area contributed by atoms with Crippen LogP contribution < -0.4 is 10.5 Å². The molecule has 1 unspecified atom stereocenters. The normalized spacial score (nSPS) is 12.2. The zero-order chi connectivity index (χ0) is 12.7. The van der Waals surface area contributed by atoms with Crippen LogP contribution in [0, 0.1) is 0 Å². The van der Waals surface area contributed by atoms with Gasteiger partial charge in [-0.05, 0) is 37.0 Å². The summed E-state index contributed by atoms with van der Waals surface area (Å²) in [5.41, 5.74) is 7.06. The Hall–Kier alpha value is -0.990. The van der Waals surface area contributed by atoms with E-state index in [0.717, 1.165) is 30.6 Å². The van der Waals surface area contributed by atoms with Crippen LogP contribution in [0.2, 0.25) is 5.02 Å². The third-order valence-electron chi connectivity index (χ3n) is 2.60. The van der Waals surface area contributed by atoms with Gasteiger partial charge in [0.25, 0.3) is 0 Å². The molecule has 0 heterocycles. The number of halogens is 1. The molecule has 94 valence electrons. The summed E-state index contributed by atoms with van der Waals surface area (Å²) in [5.74, 6) is 0.724. The first kappa shape index (κ1) is 14.1. The number of ether oxygens (including phenoxy) is 1. The van der Waals surface area contributed by atoms with E-state index in [9.17, 15) is 0 Å². The Morgan fingerprint density at radius 1 is 1.53 bits per heavy atom. The Kier molecular flexibility index (Phi) is 6.09. The predicted molar refractivity (Wildman–Crippen MR) is 73.7 cm³/mol. The van der Waals surface area contributed by atoms with Crippen molar-refractivity contribution in [3.8, 4) is 5.75 Å². The Morgan fingerprint density at radius 2 is 2.29 bits per heavy atom. The standard InChI is InChI=1S/C14H20ClNO/c1-3-5-8-17-14-7-6-11(10-13(14)15)9-12(16)4-2/h3,6-7,10,12H,1,4-5,8-9,16H2,2H3. The van der Waals surface area contributed by atoms with Gasteiger partial charge >= 0.3 is 0 Å². The number of benzene rings is 1. The van der Waals surface area contributed by atoms with Gasteiger partial charge in [0.05, 0.1) is 11.6 Å². The zero-order valence-corrected chi connectivity index (χ0v) is 11.0. The molecule has 0 aliphatic carbocycles. The number of hydrogen-bond donors (Lipinski definition) is 1. The highest BCUT2D eigenvalue weighted by molar-refractivity contribution is 6.32. The molecule has 0 bridgehead atoms. The topological polar surface area (TPSA) is 35.2 Å². The smallest absolute Gasteiger partial charge is 0.137 e. The van der Waals surface area contributed by atoms with E-state index in [1.165, 1.54) is 0 Å². The van der Waals surface area contributed by atoms with Crippen LogP contribution in [-0.4, -0.2) is 12.6 Å². The average molecular weight is 254 g/mol. The molecule has 2 N–H and O–H groups in total. The van der Waals surface area contributed by atoms with E-state index in [2.05, 4.69) is 13.5 Å². The van der Waals surface area contributed by atoms with Gasteiger partial charge in [0.1, 0.15) is 5.75 Å². The zero-order valence-electron chi connectivity index (χ0n) is 10.3. The van der Waals surface area contributed by atoms with Crippen molar-refractivity contribution in [3.63, 3.8) is 0 Å². The molecule has 1 atom stereocenters. The van der Waals surface area contributed by atoms with Crippen molar-refractivity contribution >= 4 is 11.6 Å². The number of nitrogens with two attached hydrogens (primary N) is 1. The number of hydrogen-bond acceptors (Lipinski definition) is 2. The highest BCUT2D eigenvalue weighted by atomic mass is 35.5. The molecule has 0 aliphatic heterocycles. The van der Waals surface area contributed by atoms with Crippen LogP contribution in [0.1, 0.15) is 25.3 Å². The van der Waals surface area contributed by atoms with Gasteiger partial charge in [-0.1, -0.05) is 30.7 Å². The second-order valence-electron chi connectivity index (χ2n) is 4.06. The van der Waals surface area contributed by atoms with Crippen LogP contribution in [0.15, 0.2) is 30.9 Å². The largest absolute Gasteiger partial charge is 0.492 e. The molecule has 1 aromatic carbocycles. The molecule has 0 aliphatic rings. The van der Waals surface area contributed by atoms with Crippen LogP contribution in [0.3, 0.4) is 0 Å². The van der Waals surface area contributed by atoms with E-state index in [1.807, 2.05) is 24.3 Å². The van der Waals surface area contributed by atoms with Crippen LogP contribution in [-0.2, 0) is 6.42 Å². The average Bonchev–Trinajstić information content (AvgIpc) is 2.32. The molecule has 1 rings (SSSR count). The molecule has 0 amide bonds. The lowest BCUT2D eigenvalue weighted by molar-refractivity contribution is 0.325. The molecule has 0 fully saturated rings. The van der Waals surface area contributed by atoms with Crippen molar-refractivity contribution in [2.24, 2.45) is 5.73 Å². The minimum absolute atomic E-state index is 0.193. The van der Waals surface area contributed by atoms with Gasteiger partial charge in [-0.15, -0.1) is 6.58 Å². The Bertz CT molecular complexity index is 365. The lowest BCUT2D eigenvalue weighted by atomic mass is 10.0. The summed E-state index contributed by atoms with van der Waals surface area (Å²) in [6.45, 7) is 6.33. The highest BCUT2D eigenvalue weighted by Gasteiger charge is 2.06. The fraction of sp³-hybridized carbons (Fsp3) is 0.429. The maximum atomic E-state index is 6.14. The summed E-state index contributed by atoms with van der Waals surface area (Å²) in [5, 5.41) is 0.648. The predicted octanol–water partition coefficient (Wildman–Crippen LogP) is 3.57. The minimum Gasteiger partial charge on any atom is -0.492 e. The van der Waals surface area contributed by atoms with E-state index in [1.54, 1.807) is 0 Å². The summed E-state index contributed by atoms with van der Waals surface area (Å²) < 4.78 is 5.53. The second-order valence-corrected chi connectivity index (χ2v) is 4.47. The van der Waals surface area contributed by atoms with Gasteiger partial charge < -0.3 is 10.5 Å². The van der Waals surface area contributed by atoms with Gasteiger partial charge in [-0.25, -0.2) is 0 Å². The van der Waals surface area contributed by atoms with Crippen molar-refractivity contribution in [2.45, 2.75) is 32.2 Å². The number of rotatable bonds is 7. The second kappa shape index (κ2) is 7.36. The molecule has 2 nitrogen and oxygen atoms in total. The van der Waals surface area contributed by atoms with E-state index in [4.69, 9.17) is 22.1 Å². The molecule has 17 heavy (non-hydrogen) atoms. The summed E-state index contributed by atoms with van der Waals surface area (Å²) in [4.78, 5) is 0. The molecule has 3 heteroatoms. The molecule has 1 aromatic rings. The van der Waals surface area contributed by atoms with E-state index < -0.39 is 0 Å². The summed E-state index contributed by atoms with van der Waals surface area (Å²) in [7, 11) is 0. The highest BCUT2D eigenvalue weighted by Crippen LogP contribution is 2.26. The van der Waals surface area contributed by atoms with Crippen LogP contribution in [0.5, 0.6) is 5.75 Å². The molecule has 0 saturated heterocycles. The van der Waals surface area contributed by atoms with Gasteiger partial charge in [0, 0.05) is 6.04 Å². The van der Waals surface area contributed by atoms with Crippen molar-refractivity contribution in [1.29, 1.82) is 0 Å². The van der Waals surface area contributed by atoms with Crippen molar-refractivity contribution in [3.05, 3.63) is 41.4 Å². The molecular formula is C14H20ClNO. The van der Waals surface area contributed by atoms with Crippen LogP contribution in [0.25, 0.3) is 0 Å².